The first-order valence-electron chi connectivity index (χ1n) is 12.7. The van der Waals surface area contributed by atoms with E-state index in [4.69, 9.17) is 46.3 Å². The van der Waals surface area contributed by atoms with E-state index < -0.39 is 76.8 Å². The number of aliphatic hydroxyl groups excluding tert-OH is 1. The molecular weight excluding hydrogens is 653 g/mol. The van der Waals surface area contributed by atoms with Gasteiger partial charge in [-0.15, -0.1) is 0 Å². The quantitative estimate of drug-likeness (QED) is 0.110. The Morgan fingerprint density at radius 1 is 1.16 bits per heavy atom. The fraction of sp³-hybridized carbons (Fsp3) is 0.500. The van der Waals surface area contributed by atoms with E-state index in [1.165, 1.54) is 21.8 Å². The third-order valence-corrected chi connectivity index (χ3v) is 8.97. The number of fused-ring (bicyclic) bond motifs is 2. The molecule has 0 amide bonds. The van der Waals surface area contributed by atoms with Crippen LogP contribution < -0.4 is 17.0 Å². The molecule has 2 aliphatic heterocycles. The highest BCUT2D eigenvalue weighted by Crippen LogP contribution is 2.50. The van der Waals surface area contributed by atoms with Crippen LogP contribution in [-0.2, 0) is 39.4 Å². The molecule has 20 nitrogen and oxygen atoms in total. The zero-order valence-corrected chi connectivity index (χ0v) is 24.8. The summed E-state index contributed by atoms with van der Waals surface area (Å²) in [5.41, 5.74) is 11.2. The number of ether oxygens (including phenoxy) is 2. The third kappa shape index (κ3) is 5.86. The molecule has 24 heteroatoms. The number of alkyl halides is 1. The van der Waals surface area contributed by atoms with Gasteiger partial charge in [-0.3, -0.25) is 23.5 Å². The van der Waals surface area contributed by atoms with Gasteiger partial charge in [0.15, 0.2) is 41.3 Å². The number of aromatic nitrogens is 8. The number of aromatic amines is 1. The standard InChI is InChI=1S/C20H25FN10O10P2S/c21-10-13(40-42(34)35)9(39-19(10)30-5-26-11-14(22)24-4-25-15(11)30)3-37-43(36,44)41-8-1-7(2-32)38-18(8)31-6-27-12-16(31)28-20(23)29-17(12)33/h4-10,13,18-19,32,42H,1-3H2,(H,34,35)(H,36,44)(H2,22,24,25)(H3,23,28,29,33)/t7-,8+,9+,10-,13+,18+,19+,43?/m0/s1. The maximum absolute atomic E-state index is 15.6. The number of aliphatic hydroxyl groups is 1. The summed E-state index contributed by atoms with van der Waals surface area (Å²) in [6.45, 7) is -5.22. The number of nitrogens with one attached hydrogen (secondary N) is 1. The minimum Gasteiger partial charge on any atom is -0.394 e. The molecule has 0 saturated carbocycles. The van der Waals surface area contributed by atoms with Crippen LogP contribution in [0, 0.1) is 0 Å². The van der Waals surface area contributed by atoms with Crippen LogP contribution in [0.5, 0.6) is 0 Å². The summed E-state index contributed by atoms with van der Waals surface area (Å²) in [6.07, 6.45) is -5.69. The van der Waals surface area contributed by atoms with Crippen molar-refractivity contribution in [2.45, 2.75) is 49.5 Å². The summed E-state index contributed by atoms with van der Waals surface area (Å²) >= 11 is 5.20. The molecule has 2 saturated heterocycles. The van der Waals surface area contributed by atoms with Gasteiger partial charge in [-0.1, -0.05) is 0 Å². The Bertz CT molecular complexity index is 1830. The summed E-state index contributed by atoms with van der Waals surface area (Å²) in [5.74, 6) is -0.141. The molecule has 44 heavy (non-hydrogen) atoms. The third-order valence-electron chi connectivity index (χ3n) is 6.91. The molecule has 0 aliphatic carbocycles. The summed E-state index contributed by atoms with van der Waals surface area (Å²) in [6, 6.07) is 0. The largest absolute Gasteiger partial charge is 0.394 e. The van der Waals surface area contributed by atoms with Gasteiger partial charge >= 0.3 is 15.0 Å². The molecule has 2 aliphatic rings. The maximum Gasteiger partial charge on any atom is 0.325 e. The van der Waals surface area contributed by atoms with Gasteiger partial charge in [0.05, 0.1) is 32.0 Å². The molecule has 0 aromatic carbocycles. The molecule has 2 unspecified atom stereocenters. The lowest BCUT2D eigenvalue weighted by Gasteiger charge is -2.26. The van der Waals surface area contributed by atoms with Crippen LogP contribution in [-0.4, -0.2) is 97.7 Å². The molecule has 4 aromatic heterocycles. The highest BCUT2D eigenvalue weighted by Gasteiger charge is 2.49. The Hall–Kier alpha value is -3.01. The Balaban J connectivity index is 1.20. The van der Waals surface area contributed by atoms with Crippen LogP contribution in [0.25, 0.3) is 22.3 Å². The molecule has 2 fully saturated rings. The van der Waals surface area contributed by atoms with E-state index in [1.54, 1.807) is 0 Å². The van der Waals surface area contributed by atoms with Crippen LogP contribution in [0.1, 0.15) is 18.9 Å². The fourth-order valence-corrected chi connectivity index (χ4v) is 6.99. The second kappa shape index (κ2) is 12.1. The Morgan fingerprint density at radius 2 is 1.89 bits per heavy atom. The molecule has 4 aromatic rings. The summed E-state index contributed by atoms with van der Waals surface area (Å²) in [7, 11) is -3.65. The topological polar surface area (TPSA) is 283 Å². The number of imidazole rings is 2. The first kappa shape index (κ1) is 31.0. The van der Waals surface area contributed by atoms with Crippen molar-refractivity contribution in [3.63, 3.8) is 0 Å². The molecule has 0 bridgehead atoms. The summed E-state index contributed by atoms with van der Waals surface area (Å²) in [5, 5.41) is 9.72. The lowest BCUT2D eigenvalue weighted by Crippen LogP contribution is -2.33. The predicted molar refractivity (Wildman–Crippen MR) is 150 cm³/mol. The molecule has 0 radical (unpaired) electrons. The van der Waals surface area contributed by atoms with Crippen molar-refractivity contribution in [1.29, 1.82) is 0 Å². The normalized spacial score (nSPS) is 29.4. The van der Waals surface area contributed by atoms with Crippen LogP contribution in [0.2, 0.25) is 0 Å². The number of hydrogen-bond donors (Lipinski definition) is 6. The number of hydrogen-bond acceptors (Lipinski definition) is 16. The van der Waals surface area contributed by atoms with E-state index in [1.807, 2.05) is 0 Å². The van der Waals surface area contributed by atoms with E-state index >= 15 is 4.39 Å². The number of nitrogens with two attached hydrogens (primary N) is 2. The van der Waals surface area contributed by atoms with Crippen LogP contribution in [0.15, 0.2) is 23.8 Å². The van der Waals surface area contributed by atoms with Crippen molar-refractivity contribution in [2.24, 2.45) is 0 Å². The van der Waals surface area contributed by atoms with Gasteiger partial charge in [0, 0.05) is 6.42 Å². The Kier molecular flexibility index (Phi) is 8.50. The minimum absolute atomic E-state index is 0.0350. The lowest BCUT2D eigenvalue weighted by atomic mass is 10.1. The number of nitrogen functional groups attached to an aromatic ring is 2. The van der Waals surface area contributed by atoms with Gasteiger partial charge < -0.3 is 49.4 Å². The highest BCUT2D eigenvalue weighted by molar-refractivity contribution is 8.07. The highest BCUT2D eigenvalue weighted by atomic mass is 32.5. The van der Waals surface area contributed by atoms with Crippen LogP contribution in [0.4, 0.5) is 16.2 Å². The van der Waals surface area contributed by atoms with Crippen molar-refractivity contribution in [3.05, 3.63) is 29.3 Å². The molecule has 6 rings (SSSR count). The van der Waals surface area contributed by atoms with E-state index in [-0.39, 0.29) is 40.5 Å². The second-order valence-electron chi connectivity index (χ2n) is 9.69. The molecule has 238 valence electrons. The monoisotopic (exact) mass is 678 g/mol. The zero-order chi connectivity index (χ0) is 31.3. The molecule has 0 spiro atoms. The van der Waals surface area contributed by atoms with Crippen molar-refractivity contribution in [3.8, 4) is 0 Å². The van der Waals surface area contributed by atoms with E-state index in [9.17, 15) is 24.3 Å². The van der Waals surface area contributed by atoms with Crippen LogP contribution in [0.3, 0.4) is 0 Å². The Morgan fingerprint density at radius 3 is 2.61 bits per heavy atom. The SMILES string of the molecule is Nc1nc2c(ncn2[C@@H]2O[C@H](CO)C[C@H]2OP(O)(=S)OC[C@H]2O[C@@H](n3cnc4c(N)ncnc43)[C@@H](F)[C@@H]2O[PH](=O)O)c(=O)[nH]1. The average molecular weight is 678 g/mol. The van der Waals surface area contributed by atoms with E-state index in [0.717, 1.165) is 6.33 Å². The molecular formula is C20H25FN10O10P2S. The lowest BCUT2D eigenvalue weighted by molar-refractivity contribution is -0.0541. The minimum atomic E-state index is -4.18. The number of anilines is 2. The number of nitrogens with zero attached hydrogens (tertiary/aromatic N) is 7. The Labute approximate surface area is 250 Å². The van der Waals surface area contributed by atoms with Gasteiger partial charge in [-0.05, 0) is 11.8 Å². The van der Waals surface area contributed by atoms with Crippen LogP contribution >= 0.6 is 15.0 Å². The number of halogens is 1. The van der Waals surface area contributed by atoms with E-state index in [0.29, 0.717) is 0 Å². The maximum atomic E-state index is 15.6. The molecule has 8 N–H and O–H groups in total. The average Bonchev–Trinajstić information content (AvgIpc) is 3.73. The van der Waals surface area contributed by atoms with Crippen molar-refractivity contribution in [2.75, 3.05) is 24.7 Å². The zero-order valence-electron chi connectivity index (χ0n) is 22.1. The smallest absolute Gasteiger partial charge is 0.325 e. The van der Waals surface area contributed by atoms with Gasteiger partial charge in [-0.25, -0.2) is 24.3 Å². The number of H-pyrrole nitrogens is 1. The summed E-state index contributed by atoms with van der Waals surface area (Å²) in [4.78, 5) is 55.0. The molecule has 9 atom stereocenters. The van der Waals surface area contributed by atoms with Crippen molar-refractivity contribution >= 4 is 60.9 Å². The van der Waals surface area contributed by atoms with Crippen molar-refractivity contribution < 1.29 is 46.9 Å². The second-order valence-corrected chi connectivity index (χ2v) is 13.2. The first-order chi connectivity index (χ1) is 21.0. The van der Waals surface area contributed by atoms with Gasteiger partial charge in [0.1, 0.15) is 30.2 Å². The van der Waals surface area contributed by atoms with Gasteiger partial charge in [-0.2, -0.15) is 4.98 Å². The van der Waals surface area contributed by atoms with Crippen molar-refractivity contribution in [1.82, 2.24) is 39.0 Å². The van der Waals surface area contributed by atoms with E-state index in [2.05, 4.69) is 29.9 Å². The first-order valence-corrected chi connectivity index (χ1v) is 16.6. The molecule has 6 heterocycles. The fourth-order valence-electron chi connectivity index (χ4n) is 5.04. The predicted octanol–water partition coefficient (Wildman–Crippen LogP) is -0.975. The summed E-state index contributed by atoms with van der Waals surface area (Å²) < 4.78 is 57.5. The van der Waals surface area contributed by atoms with Gasteiger partial charge in [0.25, 0.3) is 5.56 Å². The number of rotatable bonds is 10. The van der Waals surface area contributed by atoms with Gasteiger partial charge in [0.2, 0.25) is 5.95 Å².